The SMILES string of the molecule is Cc1sc2c(c1C)C(c1ccc(Cl)cc1)=N[C@@H](CC(=O)NCCCCCCCCC(=O)N[C@@H](Cc1ccccc1)C(=O)N[C@@H]1CCC(=O)NC1=O)c1nnc(C)n1-2. The standard InChI is InChI=1S/C42H49ClN8O5S/c1-25-26(2)57-42-37(25)38(29-16-18-30(43)19-17-29)46-32(39-50-49-27(3)51(39)42)24-36(54)44-22-12-7-5-4-6-11-15-34(52)45-33(23-28-13-9-8-10-14-28)41(56)47-31-20-21-35(53)48-40(31)55/h8-10,13-14,16-19,31-33H,4-7,11-12,15,20-24H2,1-3H3,(H,44,54)(H,45,52)(H,47,56)(H,48,53,55)/t31-,32+,33+/m1/s1. The Morgan fingerprint density at radius 1 is 0.930 bits per heavy atom. The summed E-state index contributed by atoms with van der Waals surface area (Å²) in [6.07, 6.45) is 6.23. The van der Waals surface area contributed by atoms with E-state index >= 15 is 0 Å². The molecule has 300 valence electrons. The maximum absolute atomic E-state index is 13.3. The van der Waals surface area contributed by atoms with E-state index in [1.54, 1.807) is 11.3 Å². The van der Waals surface area contributed by atoms with Crippen molar-refractivity contribution in [2.24, 2.45) is 4.99 Å². The Kier molecular flexibility index (Phi) is 14.0. The Morgan fingerprint density at radius 3 is 2.39 bits per heavy atom. The Bertz CT molecular complexity index is 2130. The van der Waals surface area contributed by atoms with Crippen molar-refractivity contribution in [2.45, 2.75) is 110 Å². The van der Waals surface area contributed by atoms with Crippen LogP contribution in [0.4, 0.5) is 0 Å². The first-order valence-electron chi connectivity index (χ1n) is 19.6. The fraction of sp³-hybridized carbons (Fsp3) is 0.429. The molecule has 6 rings (SSSR count). The molecule has 1 saturated heterocycles. The Morgan fingerprint density at radius 2 is 1.65 bits per heavy atom. The third kappa shape index (κ3) is 10.6. The van der Waals surface area contributed by atoms with E-state index in [9.17, 15) is 24.0 Å². The van der Waals surface area contributed by atoms with Crippen molar-refractivity contribution in [3.63, 3.8) is 0 Å². The van der Waals surface area contributed by atoms with Crippen molar-refractivity contribution >= 4 is 58.2 Å². The number of thiophene rings is 1. The zero-order chi connectivity index (χ0) is 40.5. The molecule has 3 atom stereocenters. The molecule has 4 aromatic rings. The molecule has 2 aliphatic rings. The van der Waals surface area contributed by atoms with Crippen LogP contribution in [0.3, 0.4) is 0 Å². The Hall–Kier alpha value is -5.21. The molecule has 2 aromatic heterocycles. The van der Waals surface area contributed by atoms with Gasteiger partial charge < -0.3 is 16.0 Å². The van der Waals surface area contributed by atoms with Crippen LogP contribution in [0.5, 0.6) is 0 Å². The van der Waals surface area contributed by atoms with E-state index in [-0.39, 0.29) is 49.8 Å². The molecule has 57 heavy (non-hydrogen) atoms. The first kappa shape index (κ1) is 41.4. The number of carbonyl (C=O) groups excluding carboxylic acids is 5. The third-order valence-electron chi connectivity index (χ3n) is 10.4. The van der Waals surface area contributed by atoms with Crippen LogP contribution in [0.2, 0.25) is 5.02 Å². The lowest BCUT2D eigenvalue weighted by Crippen LogP contribution is -2.57. The maximum Gasteiger partial charge on any atom is 0.249 e. The number of hydrogen-bond acceptors (Lipinski definition) is 9. The van der Waals surface area contributed by atoms with Crippen LogP contribution in [0, 0.1) is 20.8 Å². The van der Waals surface area contributed by atoms with E-state index in [1.807, 2.05) is 66.1 Å². The second-order valence-electron chi connectivity index (χ2n) is 14.7. The highest BCUT2D eigenvalue weighted by molar-refractivity contribution is 7.15. The van der Waals surface area contributed by atoms with Gasteiger partial charge in [-0.15, -0.1) is 21.5 Å². The van der Waals surface area contributed by atoms with Crippen molar-refractivity contribution in [2.75, 3.05) is 6.54 Å². The van der Waals surface area contributed by atoms with E-state index in [2.05, 4.69) is 45.3 Å². The number of imide groups is 1. The second-order valence-corrected chi connectivity index (χ2v) is 16.3. The molecule has 15 heteroatoms. The number of rotatable bonds is 17. The van der Waals surface area contributed by atoms with Gasteiger partial charge in [-0.05, 0) is 63.3 Å². The van der Waals surface area contributed by atoms with Gasteiger partial charge in [-0.25, -0.2) is 0 Å². The van der Waals surface area contributed by atoms with Crippen molar-refractivity contribution in [3.05, 3.63) is 98.4 Å². The number of aryl methyl sites for hydroxylation is 2. The van der Waals surface area contributed by atoms with Crippen LogP contribution in [0.25, 0.3) is 5.00 Å². The minimum atomic E-state index is -0.856. The summed E-state index contributed by atoms with van der Waals surface area (Å²) < 4.78 is 2.04. The lowest BCUT2D eigenvalue weighted by molar-refractivity contribution is -0.138. The van der Waals surface area contributed by atoms with Crippen molar-refractivity contribution < 1.29 is 24.0 Å². The zero-order valence-electron chi connectivity index (χ0n) is 32.5. The van der Waals surface area contributed by atoms with Gasteiger partial charge in [-0.2, -0.15) is 0 Å². The van der Waals surface area contributed by atoms with Gasteiger partial charge in [0, 0.05) is 46.8 Å². The van der Waals surface area contributed by atoms with Crippen LogP contribution in [0.15, 0.2) is 59.6 Å². The number of amides is 5. The third-order valence-corrected chi connectivity index (χ3v) is 11.8. The first-order valence-corrected chi connectivity index (χ1v) is 20.8. The van der Waals surface area contributed by atoms with Gasteiger partial charge in [0.25, 0.3) is 0 Å². The molecule has 4 heterocycles. The summed E-state index contributed by atoms with van der Waals surface area (Å²) in [6, 6.07) is 14.8. The molecular formula is C42H49ClN8O5S. The molecule has 2 aromatic carbocycles. The monoisotopic (exact) mass is 812 g/mol. The zero-order valence-corrected chi connectivity index (χ0v) is 34.1. The number of benzene rings is 2. The fourth-order valence-electron chi connectivity index (χ4n) is 7.15. The van der Waals surface area contributed by atoms with Gasteiger partial charge in [-0.3, -0.25) is 38.8 Å². The van der Waals surface area contributed by atoms with Crippen LogP contribution in [-0.4, -0.2) is 68.6 Å². The summed E-state index contributed by atoms with van der Waals surface area (Å²) in [5.41, 5.74) is 4.77. The van der Waals surface area contributed by atoms with E-state index in [1.165, 1.54) is 4.88 Å². The quantitative estimate of drug-likeness (QED) is 0.0783. The van der Waals surface area contributed by atoms with E-state index in [4.69, 9.17) is 16.6 Å². The van der Waals surface area contributed by atoms with Crippen LogP contribution in [-0.2, 0) is 30.4 Å². The molecule has 0 unspecified atom stereocenters. The molecule has 0 saturated carbocycles. The number of fused-ring (bicyclic) bond motifs is 3. The molecule has 0 spiro atoms. The highest BCUT2D eigenvalue weighted by Gasteiger charge is 2.33. The summed E-state index contributed by atoms with van der Waals surface area (Å²) in [6.45, 7) is 6.66. The predicted octanol–water partition coefficient (Wildman–Crippen LogP) is 5.69. The van der Waals surface area contributed by atoms with Crippen molar-refractivity contribution in [1.29, 1.82) is 0 Å². The number of nitrogens with zero attached hydrogens (tertiary/aromatic N) is 4. The maximum atomic E-state index is 13.3. The molecule has 4 N–H and O–H groups in total. The average Bonchev–Trinajstić information content (AvgIpc) is 3.67. The number of carbonyl (C=O) groups is 5. The number of aliphatic imine (C=N–C) groups is 1. The lowest BCUT2D eigenvalue weighted by atomic mass is 9.99. The van der Waals surface area contributed by atoms with Gasteiger partial charge in [-0.1, -0.05) is 79.7 Å². The molecule has 0 bridgehead atoms. The summed E-state index contributed by atoms with van der Waals surface area (Å²) in [4.78, 5) is 69.5. The molecule has 0 aliphatic carbocycles. The molecule has 5 amide bonds. The van der Waals surface area contributed by atoms with Crippen molar-refractivity contribution in [3.8, 4) is 5.00 Å². The van der Waals surface area contributed by atoms with E-state index < -0.39 is 29.9 Å². The minimum absolute atomic E-state index is 0.105. The topological polar surface area (TPSA) is 177 Å². The van der Waals surface area contributed by atoms with Gasteiger partial charge >= 0.3 is 0 Å². The Labute approximate surface area is 341 Å². The smallest absolute Gasteiger partial charge is 0.249 e. The molecule has 1 fully saturated rings. The molecular weight excluding hydrogens is 764 g/mol. The molecule has 13 nitrogen and oxygen atoms in total. The highest BCUT2D eigenvalue weighted by Crippen LogP contribution is 2.39. The van der Waals surface area contributed by atoms with Gasteiger partial charge in [0.05, 0.1) is 12.1 Å². The van der Waals surface area contributed by atoms with Gasteiger partial charge in [0.1, 0.15) is 29.0 Å². The van der Waals surface area contributed by atoms with Crippen LogP contribution < -0.4 is 21.3 Å². The van der Waals surface area contributed by atoms with Gasteiger partial charge in [0.15, 0.2) is 5.82 Å². The highest BCUT2D eigenvalue weighted by atomic mass is 35.5. The predicted molar refractivity (Wildman–Crippen MR) is 220 cm³/mol. The Balaban J connectivity index is 0.937. The summed E-state index contributed by atoms with van der Waals surface area (Å²) >= 11 is 7.90. The lowest BCUT2D eigenvalue weighted by Gasteiger charge is -2.25. The number of hydrogen-bond donors (Lipinski definition) is 4. The minimum Gasteiger partial charge on any atom is -0.356 e. The molecule has 2 aliphatic heterocycles. The summed E-state index contributed by atoms with van der Waals surface area (Å²) in [5.74, 6) is -0.309. The number of aromatic nitrogens is 3. The summed E-state index contributed by atoms with van der Waals surface area (Å²) in [7, 11) is 0. The summed E-state index contributed by atoms with van der Waals surface area (Å²) in [5, 5.41) is 21.4. The fourth-order valence-corrected chi connectivity index (χ4v) is 8.49. The second kappa shape index (κ2) is 19.3. The van der Waals surface area contributed by atoms with E-state index in [0.717, 1.165) is 70.9 Å². The first-order chi connectivity index (χ1) is 27.5. The number of unbranched alkanes of at least 4 members (excludes halogenated alkanes) is 5. The number of halogens is 1. The van der Waals surface area contributed by atoms with E-state index in [0.29, 0.717) is 23.8 Å². The largest absolute Gasteiger partial charge is 0.356 e. The molecule has 0 radical (unpaired) electrons. The van der Waals surface area contributed by atoms with Crippen molar-refractivity contribution in [1.82, 2.24) is 36.0 Å². The number of piperidine rings is 1. The number of nitrogens with one attached hydrogen (secondary N) is 4. The normalized spacial score (nSPS) is 16.7. The van der Waals surface area contributed by atoms with Crippen LogP contribution in [0.1, 0.15) is 109 Å². The van der Waals surface area contributed by atoms with Crippen LogP contribution >= 0.6 is 22.9 Å². The van der Waals surface area contributed by atoms with Gasteiger partial charge in [0.2, 0.25) is 29.5 Å². The average molecular weight is 813 g/mol.